The average molecular weight is 316 g/mol. The highest BCUT2D eigenvalue weighted by Gasteiger charge is 2.10. The maximum Gasteiger partial charge on any atom is 0.270 e. The minimum atomic E-state index is -0.376. The molecule has 0 atom stereocenters. The number of thioether (sulfide) groups is 1. The monoisotopic (exact) mass is 316 g/mol. The summed E-state index contributed by atoms with van der Waals surface area (Å²) in [5.41, 5.74) is 3.48. The summed E-state index contributed by atoms with van der Waals surface area (Å²) in [7, 11) is 0. The number of benzene rings is 2. The van der Waals surface area contributed by atoms with Crippen LogP contribution in [-0.2, 0) is 5.75 Å². The third-order valence-corrected chi connectivity index (χ3v) is 5.39. The molecule has 0 radical (unpaired) electrons. The van der Waals surface area contributed by atoms with Crippen molar-refractivity contribution < 1.29 is 4.92 Å². The highest BCUT2D eigenvalue weighted by molar-refractivity contribution is 8.00. The zero-order chi connectivity index (χ0) is 14.8. The molecule has 0 saturated heterocycles. The number of fused-ring (bicyclic) bond motifs is 1. The highest BCUT2D eigenvalue weighted by atomic mass is 32.2. The molecular formula is C15H12N2O2S2. The van der Waals surface area contributed by atoms with Crippen LogP contribution in [0, 0.1) is 17.0 Å². The number of nitro benzene ring substituents is 1. The van der Waals surface area contributed by atoms with Gasteiger partial charge in [0.1, 0.15) is 0 Å². The van der Waals surface area contributed by atoms with Crippen LogP contribution in [0.4, 0.5) is 5.69 Å². The molecule has 0 aliphatic rings. The molecule has 0 bridgehead atoms. The first-order valence-corrected chi connectivity index (χ1v) is 8.16. The molecule has 0 N–H and O–H groups in total. The van der Waals surface area contributed by atoms with Gasteiger partial charge < -0.3 is 0 Å². The van der Waals surface area contributed by atoms with Crippen molar-refractivity contribution in [1.29, 1.82) is 0 Å². The first-order valence-electron chi connectivity index (χ1n) is 6.36. The topological polar surface area (TPSA) is 56.0 Å². The van der Waals surface area contributed by atoms with E-state index >= 15 is 0 Å². The number of aryl methyl sites for hydroxylation is 1. The molecule has 0 saturated carbocycles. The van der Waals surface area contributed by atoms with Gasteiger partial charge in [-0.15, -0.1) is 11.3 Å². The Bertz CT molecular complexity index is 814. The van der Waals surface area contributed by atoms with Gasteiger partial charge in [-0.05, 0) is 24.1 Å². The molecular weight excluding hydrogens is 304 g/mol. The lowest BCUT2D eigenvalue weighted by Crippen LogP contribution is -1.86. The third-order valence-electron chi connectivity index (χ3n) is 3.18. The highest BCUT2D eigenvalue weighted by Crippen LogP contribution is 2.33. The molecule has 1 heterocycles. The second-order valence-corrected chi connectivity index (χ2v) is 6.86. The lowest BCUT2D eigenvalue weighted by molar-refractivity contribution is -0.384. The Balaban J connectivity index is 1.82. The van der Waals surface area contributed by atoms with Crippen molar-refractivity contribution in [2.24, 2.45) is 0 Å². The number of rotatable bonds is 4. The van der Waals surface area contributed by atoms with Crippen molar-refractivity contribution in [3.8, 4) is 0 Å². The minimum Gasteiger partial charge on any atom is -0.258 e. The molecule has 106 valence electrons. The van der Waals surface area contributed by atoms with Gasteiger partial charge in [-0.1, -0.05) is 36.0 Å². The first-order chi connectivity index (χ1) is 10.1. The number of hydrogen-bond donors (Lipinski definition) is 0. The van der Waals surface area contributed by atoms with E-state index in [1.165, 1.54) is 28.5 Å². The fourth-order valence-corrected chi connectivity index (χ4v) is 4.16. The molecule has 0 aliphatic heterocycles. The fourth-order valence-electron chi connectivity index (χ4n) is 1.98. The maximum absolute atomic E-state index is 10.8. The van der Waals surface area contributed by atoms with Crippen molar-refractivity contribution in [3.63, 3.8) is 0 Å². The number of thiazole rings is 1. The van der Waals surface area contributed by atoms with Crippen molar-refractivity contribution in [2.75, 3.05) is 0 Å². The summed E-state index contributed by atoms with van der Waals surface area (Å²) in [6.45, 7) is 2.09. The molecule has 6 heteroatoms. The van der Waals surface area contributed by atoms with E-state index in [0.717, 1.165) is 20.3 Å². The quantitative estimate of drug-likeness (QED) is 0.394. The first kappa shape index (κ1) is 14.0. The molecule has 1 aromatic heterocycles. The van der Waals surface area contributed by atoms with Crippen LogP contribution >= 0.6 is 23.1 Å². The van der Waals surface area contributed by atoms with Crippen molar-refractivity contribution in [1.82, 2.24) is 4.98 Å². The standard InChI is InChI=1S/C15H12N2O2S2/c1-10-4-2-3-5-11(10)9-20-15-16-13-7-6-12(17(18)19)8-14(13)21-15/h2-8H,9H2,1H3. The van der Waals surface area contributed by atoms with Crippen LogP contribution < -0.4 is 0 Å². The van der Waals surface area contributed by atoms with Gasteiger partial charge in [-0.2, -0.15) is 0 Å². The van der Waals surface area contributed by atoms with Gasteiger partial charge in [-0.25, -0.2) is 4.98 Å². The molecule has 0 spiro atoms. The normalized spacial score (nSPS) is 10.9. The maximum atomic E-state index is 10.8. The Labute approximate surface area is 130 Å². The zero-order valence-electron chi connectivity index (χ0n) is 11.3. The van der Waals surface area contributed by atoms with E-state index < -0.39 is 0 Å². The average Bonchev–Trinajstić information content (AvgIpc) is 2.88. The Hall–Kier alpha value is -1.92. The van der Waals surface area contributed by atoms with Crippen LogP contribution in [0.25, 0.3) is 10.2 Å². The number of non-ortho nitro benzene ring substituents is 1. The second-order valence-electron chi connectivity index (χ2n) is 4.60. The van der Waals surface area contributed by atoms with Gasteiger partial charge in [0.2, 0.25) is 0 Å². The van der Waals surface area contributed by atoms with E-state index in [0.29, 0.717) is 0 Å². The Morgan fingerprint density at radius 2 is 2.10 bits per heavy atom. The third kappa shape index (κ3) is 3.06. The SMILES string of the molecule is Cc1ccccc1CSc1nc2ccc([N+](=O)[O-])cc2s1. The van der Waals surface area contributed by atoms with Gasteiger partial charge >= 0.3 is 0 Å². The van der Waals surface area contributed by atoms with Crippen LogP contribution in [0.5, 0.6) is 0 Å². The summed E-state index contributed by atoms with van der Waals surface area (Å²) >= 11 is 3.17. The van der Waals surface area contributed by atoms with Crippen molar-refractivity contribution >= 4 is 39.0 Å². The molecule has 0 aliphatic carbocycles. The van der Waals surface area contributed by atoms with E-state index in [9.17, 15) is 10.1 Å². The van der Waals surface area contributed by atoms with Gasteiger partial charge in [0.25, 0.3) is 5.69 Å². The lowest BCUT2D eigenvalue weighted by Gasteiger charge is -2.02. The van der Waals surface area contributed by atoms with Gasteiger partial charge in [0.05, 0.1) is 15.1 Å². The van der Waals surface area contributed by atoms with E-state index in [-0.39, 0.29) is 10.6 Å². The van der Waals surface area contributed by atoms with E-state index in [1.54, 1.807) is 23.9 Å². The van der Waals surface area contributed by atoms with Crippen LogP contribution in [0.1, 0.15) is 11.1 Å². The summed E-state index contributed by atoms with van der Waals surface area (Å²) in [6.07, 6.45) is 0. The van der Waals surface area contributed by atoms with Crippen LogP contribution in [0.2, 0.25) is 0 Å². The Morgan fingerprint density at radius 1 is 1.29 bits per heavy atom. The van der Waals surface area contributed by atoms with Gasteiger partial charge in [-0.3, -0.25) is 10.1 Å². The van der Waals surface area contributed by atoms with Gasteiger partial charge in [0, 0.05) is 17.9 Å². The number of nitrogens with zero attached hydrogens (tertiary/aromatic N) is 2. The van der Waals surface area contributed by atoms with E-state index in [4.69, 9.17) is 0 Å². The molecule has 21 heavy (non-hydrogen) atoms. The fraction of sp³-hybridized carbons (Fsp3) is 0.133. The number of hydrogen-bond acceptors (Lipinski definition) is 5. The molecule has 2 aromatic carbocycles. The zero-order valence-corrected chi connectivity index (χ0v) is 12.9. The van der Waals surface area contributed by atoms with E-state index in [2.05, 4.69) is 24.0 Å². The predicted molar refractivity (Wildman–Crippen MR) is 87.0 cm³/mol. The molecule has 3 aromatic rings. The summed E-state index contributed by atoms with van der Waals surface area (Å²) < 4.78 is 1.80. The Morgan fingerprint density at radius 3 is 2.86 bits per heavy atom. The second kappa shape index (κ2) is 5.83. The summed E-state index contributed by atoms with van der Waals surface area (Å²) in [5.74, 6) is 0.856. The summed E-state index contributed by atoms with van der Waals surface area (Å²) in [6, 6.07) is 13.1. The predicted octanol–water partition coefficient (Wildman–Crippen LogP) is 4.81. The Kier molecular flexibility index (Phi) is 3.90. The molecule has 3 rings (SSSR count). The van der Waals surface area contributed by atoms with Crippen LogP contribution in [0.3, 0.4) is 0 Å². The molecule has 0 fully saturated rings. The largest absolute Gasteiger partial charge is 0.270 e. The number of aromatic nitrogens is 1. The molecule has 4 nitrogen and oxygen atoms in total. The van der Waals surface area contributed by atoms with Crippen LogP contribution in [-0.4, -0.2) is 9.91 Å². The summed E-state index contributed by atoms with van der Waals surface area (Å²) in [5, 5.41) is 10.8. The smallest absolute Gasteiger partial charge is 0.258 e. The van der Waals surface area contributed by atoms with Crippen molar-refractivity contribution in [2.45, 2.75) is 17.0 Å². The lowest BCUT2D eigenvalue weighted by atomic mass is 10.1. The van der Waals surface area contributed by atoms with E-state index in [1.807, 2.05) is 12.1 Å². The summed E-state index contributed by atoms with van der Waals surface area (Å²) in [4.78, 5) is 14.9. The van der Waals surface area contributed by atoms with Gasteiger partial charge in [0.15, 0.2) is 4.34 Å². The van der Waals surface area contributed by atoms with Crippen LogP contribution in [0.15, 0.2) is 46.8 Å². The number of nitro groups is 1. The molecule has 0 unspecified atom stereocenters. The minimum absolute atomic E-state index is 0.113. The van der Waals surface area contributed by atoms with Crippen molar-refractivity contribution in [3.05, 3.63) is 63.7 Å². The molecule has 0 amide bonds.